The Morgan fingerprint density at radius 3 is 1.29 bits per heavy atom. The Hall–Kier alpha value is -3.87. The quantitative estimate of drug-likeness (QED) is 0.182. The van der Waals surface area contributed by atoms with Crippen LogP contribution in [-0.4, -0.2) is 9.97 Å². The molecule has 0 aliphatic heterocycles. The fourth-order valence-corrected chi connectivity index (χ4v) is 3.82. The number of benzene rings is 3. The van der Waals surface area contributed by atoms with Crippen molar-refractivity contribution in [1.29, 1.82) is 0 Å². The molecule has 0 amide bonds. The van der Waals surface area contributed by atoms with E-state index in [9.17, 15) is 0 Å². The normalized spacial score (nSPS) is 11.0. The van der Waals surface area contributed by atoms with Gasteiger partial charge in [-0.25, -0.2) is 11.1 Å². The summed E-state index contributed by atoms with van der Waals surface area (Å²) < 4.78 is 0. The molecule has 0 aliphatic carbocycles. The van der Waals surface area contributed by atoms with Gasteiger partial charge in [0.15, 0.2) is 0 Å². The standard InChI is InChI=1S/C32H22N2.Pt/c1-3-13-27(14-4-1)29-17-9-23-33-31(29)21-19-25-11-7-8-12-26(25)20-22-32-30(18-10-24-34-32)28-15-5-2-6-16-28;/h1-18,21-24H;/q-2;+2. The first-order chi connectivity index (χ1) is 16.9. The van der Waals surface area contributed by atoms with E-state index in [1.807, 2.05) is 97.3 Å². The first kappa shape index (κ1) is 24.3. The minimum atomic E-state index is 0. The van der Waals surface area contributed by atoms with Crippen LogP contribution in [0.4, 0.5) is 0 Å². The van der Waals surface area contributed by atoms with E-state index < -0.39 is 0 Å². The summed E-state index contributed by atoms with van der Waals surface area (Å²) in [5.74, 6) is 0. The zero-order valence-electron chi connectivity index (χ0n) is 18.9. The second kappa shape index (κ2) is 12.0. The van der Waals surface area contributed by atoms with Gasteiger partial charge < -0.3 is 9.97 Å². The molecule has 35 heavy (non-hydrogen) atoms. The monoisotopic (exact) mass is 629 g/mol. The molecule has 0 unspecified atom stereocenters. The number of aromatic nitrogens is 2. The van der Waals surface area contributed by atoms with Crippen molar-refractivity contribution in [2.45, 2.75) is 0 Å². The molecule has 0 spiro atoms. The summed E-state index contributed by atoms with van der Waals surface area (Å²) >= 11 is 0. The van der Waals surface area contributed by atoms with E-state index in [0.717, 1.165) is 44.8 Å². The van der Waals surface area contributed by atoms with E-state index in [4.69, 9.17) is 0 Å². The Bertz CT molecular complexity index is 1330. The number of hydrogen-bond acceptors (Lipinski definition) is 2. The van der Waals surface area contributed by atoms with Gasteiger partial charge in [0.1, 0.15) is 0 Å². The Kier molecular flexibility index (Phi) is 8.33. The van der Waals surface area contributed by atoms with E-state index in [2.05, 4.69) is 58.5 Å². The fraction of sp³-hybridized carbons (Fsp3) is 0. The number of hydrogen-bond donors (Lipinski definition) is 0. The summed E-state index contributed by atoms with van der Waals surface area (Å²) in [7, 11) is 0. The fourth-order valence-electron chi connectivity index (χ4n) is 3.82. The molecule has 2 heterocycles. The second-order valence-electron chi connectivity index (χ2n) is 7.73. The van der Waals surface area contributed by atoms with Gasteiger partial charge in [0.2, 0.25) is 0 Å². The molecule has 0 aliphatic rings. The molecule has 3 aromatic carbocycles. The predicted octanol–water partition coefficient (Wildman–Crippen LogP) is 7.54. The average molecular weight is 630 g/mol. The SMILES string of the molecule is [C-](=Cc1ncccc1-c1ccccc1)c1ccccc1[C-]=Cc1ncccc1-c1ccccc1.[Pt+2]. The van der Waals surface area contributed by atoms with Crippen molar-refractivity contribution in [3.63, 3.8) is 0 Å². The third kappa shape index (κ3) is 5.98. The van der Waals surface area contributed by atoms with Crippen molar-refractivity contribution in [2.24, 2.45) is 0 Å². The van der Waals surface area contributed by atoms with Crippen LogP contribution in [0.1, 0.15) is 22.5 Å². The summed E-state index contributed by atoms with van der Waals surface area (Å²) in [6, 6.07) is 36.7. The number of nitrogens with zero attached hydrogens (tertiary/aromatic N) is 2. The molecular weight excluding hydrogens is 607 g/mol. The van der Waals surface area contributed by atoms with E-state index in [0.29, 0.717) is 0 Å². The van der Waals surface area contributed by atoms with Crippen LogP contribution < -0.4 is 0 Å². The summed E-state index contributed by atoms with van der Waals surface area (Å²) in [5.41, 5.74) is 8.06. The van der Waals surface area contributed by atoms with Crippen LogP contribution in [-0.2, 0) is 21.1 Å². The summed E-state index contributed by atoms with van der Waals surface area (Å²) in [4.78, 5) is 9.16. The first-order valence-electron chi connectivity index (χ1n) is 11.2. The zero-order valence-corrected chi connectivity index (χ0v) is 21.2. The Morgan fingerprint density at radius 2 is 0.857 bits per heavy atom. The predicted molar refractivity (Wildman–Crippen MR) is 139 cm³/mol. The average Bonchev–Trinajstić information content (AvgIpc) is 2.92. The Balaban J connectivity index is 0.00000289. The molecule has 0 radical (unpaired) electrons. The van der Waals surface area contributed by atoms with Crippen LogP contribution in [0, 0.1) is 12.2 Å². The van der Waals surface area contributed by atoms with Gasteiger partial charge in [-0.1, -0.05) is 72.8 Å². The molecule has 5 aromatic rings. The third-order valence-corrected chi connectivity index (χ3v) is 5.50. The van der Waals surface area contributed by atoms with E-state index in [-0.39, 0.29) is 21.1 Å². The summed E-state index contributed by atoms with van der Waals surface area (Å²) in [6.07, 6.45) is 14.4. The van der Waals surface area contributed by atoms with Crippen molar-refractivity contribution in [3.05, 3.63) is 156 Å². The summed E-state index contributed by atoms with van der Waals surface area (Å²) in [6.45, 7) is 0. The van der Waals surface area contributed by atoms with Gasteiger partial charge in [-0.3, -0.25) is 0 Å². The van der Waals surface area contributed by atoms with Crippen molar-refractivity contribution >= 4 is 12.2 Å². The molecule has 0 bridgehead atoms. The van der Waals surface area contributed by atoms with Crippen molar-refractivity contribution < 1.29 is 21.1 Å². The maximum absolute atomic E-state index is 4.58. The molecule has 0 atom stereocenters. The smallest absolute Gasteiger partial charge is 0.304 e. The second-order valence-corrected chi connectivity index (χ2v) is 7.73. The zero-order chi connectivity index (χ0) is 23.0. The minimum absolute atomic E-state index is 0. The van der Waals surface area contributed by atoms with Crippen molar-refractivity contribution in [1.82, 2.24) is 9.97 Å². The Labute approximate surface area is 221 Å². The molecule has 0 fully saturated rings. The van der Waals surface area contributed by atoms with E-state index in [1.165, 1.54) is 0 Å². The Morgan fingerprint density at radius 1 is 0.457 bits per heavy atom. The maximum Gasteiger partial charge on any atom is 2.00 e. The molecule has 2 aromatic heterocycles. The third-order valence-electron chi connectivity index (χ3n) is 5.50. The number of pyridine rings is 2. The largest absolute Gasteiger partial charge is 2.00 e. The maximum atomic E-state index is 4.58. The molecule has 5 rings (SSSR count). The van der Waals surface area contributed by atoms with Gasteiger partial charge in [-0.15, -0.1) is 24.3 Å². The van der Waals surface area contributed by atoms with Gasteiger partial charge in [-0.05, 0) is 45.8 Å². The van der Waals surface area contributed by atoms with Gasteiger partial charge >= 0.3 is 21.1 Å². The minimum Gasteiger partial charge on any atom is -0.304 e. The number of rotatable bonds is 6. The van der Waals surface area contributed by atoms with E-state index in [1.54, 1.807) is 0 Å². The molecule has 0 N–H and O–H groups in total. The van der Waals surface area contributed by atoms with Crippen LogP contribution in [0.5, 0.6) is 0 Å². The van der Waals surface area contributed by atoms with Crippen LogP contribution in [0.3, 0.4) is 0 Å². The summed E-state index contributed by atoms with van der Waals surface area (Å²) in [5, 5.41) is 0. The van der Waals surface area contributed by atoms with Gasteiger partial charge in [0.05, 0.1) is 0 Å². The van der Waals surface area contributed by atoms with Crippen LogP contribution >= 0.6 is 0 Å². The molecule has 170 valence electrons. The molecular formula is C32H22N2Pt. The van der Waals surface area contributed by atoms with Crippen LogP contribution in [0.25, 0.3) is 34.4 Å². The van der Waals surface area contributed by atoms with Crippen LogP contribution in [0.2, 0.25) is 0 Å². The van der Waals surface area contributed by atoms with Crippen molar-refractivity contribution in [2.75, 3.05) is 0 Å². The van der Waals surface area contributed by atoms with Gasteiger partial charge in [0.25, 0.3) is 0 Å². The van der Waals surface area contributed by atoms with E-state index >= 15 is 0 Å². The van der Waals surface area contributed by atoms with Crippen LogP contribution in [0.15, 0.2) is 122 Å². The van der Waals surface area contributed by atoms with Gasteiger partial charge in [0, 0.05) is 12.4 Å². The topological polar surface area (TPSA) is 25.8 Å². The molecule has 3 heteroatoms. The molecule has 2 nitrogen and oxygen atoms in total. The molecule has 0 saturated carbocycles. The van der Waals surface area contributed by atoms with Crippen molar-refractivity contribution in [3.8, 4) is 22.3 Å². The first-order valence-corrected chi connectivity index (χ1v) is 11.2. The van der Waals surface area contributed by atoms with Gasteiger partial charge in [-0.2, -0.15) is 24.3 Å². The molecule has 0 saturated heterocycles.